The maximum absolute atomic E-state index is 9.55. The van der Waals surface area contributed by atoms with E-state index in [2.05, 4.69) is 0 Å². The Bertz CT molecular complexity index is 331. The summed E-state index contributed by atoms with van der Waals surface area (Å²) in [6.45, 7) is 0. The van der Waals surface area contributed by atoms with Crippen LogP contribution in [0.4, 0.5) is 0 Å². The van der Waals surface area contributed by atoms with Gasteiger partial charge < -0.3 is 31.0 Å². The highest BCUT2D eigenvalue weighted by molar-refractivity contribution is 7.82. The molecule has 6 N–H and O–H groups in total. The number of aliphatic hydroxyl groups excluding tert-OH is 3. The third-order valence-corrected chi connectivity index (χ3v) is 5.29. The summed E-state index contributed by atoms with van der Waals surface area (Å²) >= 11 is 0. The molecule has 0 fully saturated rings. The van der Waals surface area contributed by atoms with Gasteiger partial charge in [-0.25, -0.2) is 0 Å². The Morgan fingerprint density at radius 3 is 1.88 bits per heavy atom. The molecule has 92 valence electrons. The van der Waals surface area contributed by atoms with E-state index in [9.17, 15) is 25.5 Å². The lowest BCUT2D eigenvalue weighted by atomic mass is 10.3. The van der Waals surface area contributed by atoms with Crippen LogP contribution in [0.1, 0.15) is 0 Å². The first-order valence-corrected chi connectivity index (χ1v) is 6.65. The van der Waals surface area contributed by atoms with Crippen LogP contribution in [-0.2, 0) is 0 Å². The molecule has 1 aromatic carbocycles. The minimum absolute atomic E-state index is 0. The van der Waals surface area contributed by atoms with Gasteiger partial charge in [-0.1, -0.05) is 0 Å². The lowest BCUT2D eigenvalue weighted by molar-refractivity contribution is 0.314. The number of hydrogen-bond acceptors (Lipinski definition) is 6. The molecule has 0 aliphatic carbocycles. The van der Waals surface area contributed by atoms with Gasteiger partial charge in [0, 0.05) is 6.07 Å². The summed E-state index contributed by atoms with van der Waals surface area (Å²) in [6, 6.07) is 3.81. The monoisotopic (exact) mass is 250 g/mol. The van der Waals surface area contributed by atoms with Gasteiger partial charge in [-0.05, 0) is 12.1 Å². The van der Waals surface area contributed by atoms with Crippen molar-refractivity contribution in [2.75, 3.05) is 19.0 Å². The van der Waals surface area contributed by atoms with Crippen molar-refractivity contribution in [1.82, 2.24) is 0 Å². The molecule has 7 heteroatoms. The van der Waals surface area contributed by atoms with Crippen molar-refractivity contribution in [3.05, 3.63) is 18.2 Å². The molecular formula is C9H15O6P. The van der Waals surface area contributed by atoms with Gasteiger partial charge in [0.15, 0.2) is 24.8 Å². The zero-order valence-corrected chi connectivity index (χ0v) is 9.38. The minimum atomic E-state index is -2.60. The topological polar surface area (TPSA) is 131 Å². The van der Waals surface area contributed by atoms with Crippen molar-refractivity contribution in [2.45, 2.75) is 0 Å². The first-order chi connectivity index (χ1) is 7.09. The number of aliphatic hydroxyl groups is 3. The Morgan fingerprint density at radius 1 is 0.938 bits per heavy atom. The molecule has 0 unspecified atom stereocenters. The van der Waals surface area contributed by atoms with Crippen molar-refractivity contribution in [3.63, 3.8) is 0 Å². The second-order valence-electron chi connectivity index (χ2n) is 3.24. The van der Waals surface area contributed by atoms with Crippen LogP contribution in [0.5, 0.6) is 11.5 Å². The molecule has 0 heterocycles. The normalized spacial score (nSPS) is 10.9. The fourth-order valence-electron chi connectivity index (χ4n) is 1.25. The van der Waals surface area contributed by atoms with Crippen molar-refractivity contribution in [1.29, 1.82) is 0 Å². The van der Waals surface area contributed by atoms with Gasteiger partial charge in [0.25, 0.3) is 0 Å². The lowest BCUT2D eigenvalue weighted by Gasteiger charge is -2.20. The fourth-order valence-corrected chi connectivity index (χ4v) is 2.95. The van der Waals surface area contributed by atoms with Gasteiger partial charge in [0.1, 0.15) is 18.3 Å². The molecular weight excluding hydrogens is 235 g/mol. The Morgan fingerprint density at radius 2 is 1.44 bits per heavy atom. The second-order valence-corrected chi connectivity index (χ2v) is 6.86. The van der Waals surface area contributed by atoms with Crippen molar-refractivity contribution >= 4 is 12.6 Å². The predicted octanol–water partition coefficient (Wildman–Crippen LogP) is -0.587. The van der Waals surface area contributed by atoms with Crippen LogP contribution in [0.2, 0.25) is 0 Å². The van der Waals surface area contributed by atoms with Crippen LogP contribution < -0.4 is 5.30 Å². The Kier molecular flexibility index (Phi) is 5.64. The van der Waals surface area contributed by atoms with Crippen molar-refractivity contribution in [3.8, 4) is 11.5 Å². The van der Waals surface area contributed by atoms with Gasteiger partial charge >= 0.3 is 0 Å². The van der Waals surface area contributed by atoms with Crippen LogP contribution >= 0.6 is 7.26 Å². The quantitative estimate of drug-likeness (QED) is 0.358. The van der Waals surface area contributed by atoms with Crippen LogP contribution in [0.15, 0.2) is 18.2 Å². The number of hydrogen-bond donors (Lipinski definition) is 5. The molecule has 0 spiro atoms. The summed E-state index contributed by atoms with van der Waals surface area (Å²) in [5.74, 6) is -0.221. The molecule has 1 rings (SSSR count). The first-order valence-electron chi connectivity index (χ1n) is 4.31. The third-order valence-electron chi connectivity index (χ3n) is 2.28. The van der Waals surface area contributed by atoms with Crippen LogP contribution in [0.3, 0.4) is 0 Å². The molecule has 0 aliphatic heterocycles. The average molecular weight is 250 g/mol. The number of rotatable bonds is 4. The molecule has 6 nitrogen and oxygen atoms in total. The van der Waals surface area contributed by atoms with E-state index >= 15 is 0 Å². The molecule has 0 radical (unpaired) electrons. The second kappa shape index (κ2) is 5.98. The molecule has 0 bridgehead atoms. The van der Waals surface area contributed by atoms with E-state index < -0.39 is 26.3 Å². The van der Waals surface area contributed by atoms with E-state index in [-0.39, 0.29) is 22.3 Å². The number of phenols is 2. The van der Waals surface area contributed by atoms with Gasteiger partial charge in [0.2, 0.25) is 0 Å². The Hall–Kier alpha value is -0.910. The summed E-state index contributed by atoms with van der Waals surface area (Å²) in [5, 5.41) is 46.6. The largest absolute Gasteiger partial charge is 0.870 e. The number of aromatic hydroxyl groups is 2. The van der Waals surface area contributed by atoms with E-state index in [0.717, 1.165) is 0 Å². The van der Waals surface area contributed by atoms with Crippen molar-refractivity contribution in [2.24, 2.45) is 0 Å². The molecule has 16 heavy (non-hydrogen) atoms. The fraction of sp³-hybridized carbons (Fsp3) is 0.333. The smallest absolute Gasteiger partial charge is 0.163 e. The number of benzene rings is 1. The minimum Gasteiger partial charge on any atom is -0.870 e. The SMILES string of the molecule is OC[P+](CO)(CO)c1cc(O)ccc1O.[OH-]. The van der Waals surface area contributed by atoms with Gasteiger partial charge in [-0.15, -0.1) is 0 Å². The molecule has 0 aromatic heterocycles. The Balaban J connectivity index is 0.00000225. The van der Waals surface area contributed by atoms with Crippen LogP contribution in [-0.4, -0.2) is 50.1 Å². The highest BCUT2D eigenvalue weighted by Gasteiger charge is 2.41. The maximum atomic E-state index is 9.55. The average Bonchev–Trinajstić information content (AvgIpc) is 2.26. The molecule has 0 saturated heterocycles. The van der Waals surface area contributed by atoms with Gasteiger partial charge in [0.05, 0.1) is 0 Å². The van der Waals surface area contributed by atoms with Crippen LogP contribution in [0.25, 0.3) is 0 Å². The third kappa shape index (κ3) is 2.61. The molecule has 0 aliphatic rings. The zero-order chi connectivity index (χ0) is 11.5. The highest BCUT2D eigenvalue weighted by Crippen LogP contribution is 2.56. The molecule has 0 saturated carbocycles. The standard InChI is InChI=1S/C9H13O5P.H2O/c10-4-15(5-11,6-12)9-3-7(13)1-2-8(9)14;/h1-3,10-12H,4-6H2,(H-,13,14);1H2. The Labute approximate surface area is 93.1 Å². The summed E-state index contributed by atoms with van der Waals surface area (Å²) in [4.78, 5) is 0. The van der Waals surface area contributed by atoms with E-state index in [4.69, 9.17) is 0 Å². The first kappa shape index (κ1) is 15.1. The van der Waals surface area contributed by atoms with E-state index in [1.807, 2.05) is 0 Å². The molecule has 0 atom stereocenters. The maximum Gasteiger partial charge on any atom is 0.163 e. The summed E-state index contributed by atoms with van der Waals surface area (Å²) in [7, 11) is -2.60. The van der Waals surface area contributed by atoms with E-state index in [0.29, 0.717) is 0 Å². The van der Waals surface area contributed by atoms with E-state index in [1.165, 1.54) is 18.2 Å². The van der Waals surface area contributed by atoms with Crippen LogP contribution in [0, 0.1) is 0 Å². The zero-order valence-electron chi connectivity index (χ0n) is 8.48. The summed E-state index contributed by atoms with van der Waals surface area (Å²) in [5.41, 5.74) is 0. The van der Waals surface area contributed by atoms with Gasteiger partial charge in [-0.2, -0.15) is 0 Å². The van der Waals surface area contributed by atoms with E-state index in [1.54, 1.807) is 0 Å². The summed E-state index contributed by atoms with van der Waals surface area (Å²) < 4.78 is 0. The predicted molar refractivity (Wildman–Crippen MR) is 59.5 cm³/mol. The van der Waals surface area contributed by atoms with Gasteiger partial charge in [-0.3, -0.25) is 0 Å². The summed E-state index contributed by atoms with van der Waals surface area (Å²) in [6.07, 6.45) is -1.26. The highest BCUT2D eigenvalue weighted by atomic mass is 31.2. The number of phenolic OH excluding ortho intramolecular Hbond substituents is 2. The van der Waals surface area contributed by atoms with Crippen molar-refractivity contribution < 1.29 is 31.0 Å². The molecule has 0 amide bonds. The molecule has 1 aromatic rings. The lowest BCUT2D eigenvalue weighted by Crippen LogP contribution is -2.20.